The standard InChI is InChI=1S/C22H17BrClNO5S/c1-2-29-22(28)19-16(13-7-9-14(24)10-8-13)12-31-20(19)25-18(26)11-30-21(27)15-5-3-4-6-17(15)23/h3-10,12H,2,11H2,1H3,(H,25,26). The number of carbonyl (C=O) groups is 3. The molecule has 31 heavy (non-hydrogen) atoms. The number of anilines is 1. The zero-order valence-corrected chi connectivity index (χ0v) is 19.5. The number of halogens is 2. The molecule has 0 radical (unpaired) electrons. The van der Waals surface area contributed by atoms with Crippen molar-refractivity contribution in [3.05, 3.63) is 74.5 Å². The normalized spacial score (nSPS) is 10.4. The van der Waals surface area contributed by atoms with Gasteiger partial charge in [-0.3, -0.25) is 4.79 Å². The minimum Gasteiger partial charge on any atom is -0.462 e. The second-order valence-corrected chi connectivity index (χ2v) is 8.36. The second-order valence-electron chi connectivity index (χ2n) is 6.19. The fourth-order valence-corrected chi connectivity index (χ4v) is 4.24. The molecule has 2 aromatic carbocycles. The maximum Gasteiger partial charge on any atom is 0.341 e. The van der Waals surface area contributed by atoms with Gasteiger partial charge in [-0.05, 0) is 52.7 Å². The fraction of sp³-hybridized carbons (Fsp3) is 0.136. The molecule has 3 aromatic rings. The molecule has 0 aliphatic heterocycles. The molecule has 0 unspecified atom stereocenters. The lowest BCUT2D eigenvalue weighted by molar-refractivity contribution is -0.119. The van der Waals surface area contributed by atoms with Crippen LogP contribution in [-0.4, -0.2) is 31.1 Å². The number of esters is 2. The van der Waals surface area contributed by atoms with Crippen LogP contribution in [0.2, 0.25) is 5.02 Å². The molecule has 0 spiro atoms. The quantitative estimate of drug-likeness (QED) is 0.396. The van der Waals surface area contributed by atoms with Crippen LogP contribution in [0.5, 0.6) is 0 Å². The third kappa shape index (κ3) is 5.72. The first-order chi connectivity index (χ1) is 14.9. The summed E-state index contributed by atoms with van der Waals surface area (Å²) in [5.74, 6) is -1.77. The summed E-state index contributed by atoms with van der Waals surface area (Å²) in [7, 11) is 0. The smallest absolute Gasteiger partial charge is 0.341 e. The Hall–Kier alpha value is -2.68. The highest BCUT2D eigenvalue weighted by Gasteiger charge is 2.23. The maximum absolute atomic E-state index is 12.6. The third-order valence-corrected chi connectivity index (χ3v) is 5.95. The summed E-state index contributed by atoms with van der Waals surface area (Å²) in [5, 5.41) is 5.26. The summed E-state index contributed by atoms with van der Waals surface area (Å²) in [6.45, 7) is 1.38. The van der Waals surface area contributed by atoms with Gasteiger partial charge in [-0.2, -0.15) is 0 Å². The average molecular weight is 523 g/mol. The Bertz CT molecular complexity index is 1110. The maximum atomic E-state index is 12.6. The third-order valence-electron chi connectivity index (χ3n) is 4.11. The number of thiophene rings is 1. The summed E-state index contributed by atoms with van der Waals surface area (Å²) in [6, 6.07) is 13.7. The van der Waals surface area contributed by atoms with E-state index in [9.17, 15) is 14.4 Å². The van der Waals surface area contributed by atoms with E-state index in [-0.39, 0.29) is 12.2 Å². The Morgan fingerprint density at radius 2 is 1.74 bits per heavy atom. The van der Waals surface area contributed by atoms with E-state index in [0.717, 1.165) is 5.56 Å². The number of amides is 1. The van der Waals surface area contributed by atoms with E-state index in [2.05, 4.69) is 21.2 Å². The van der Waals surface area contributed by atoms with E-state index in [4.69, 9.17) is 21.1 Å². The van der Waals surface area contributed by atoms with E-state index in [0.29, 0.717) is 25.6 Å². The number of ether oxygens (including phenoxy) is 2. The van der Waals surface area contributed by atoms with Gasteiger partial charge in [-0.1, -0.05) is 35.9 Å². The first-order valence-corrected chi connectivity index (χ1v) is 11.2. The van der Waals surface area contributed by atoms with Crippen LogP contribution in [0.1, 0.15) is 27.6 Å². The Morgan fingerprint density at radius 3 is 2.42 bits per heavy atom. The van der Waals surface area contributed by atoms with Crippen LogP contribution in [0.4, 0.5) is 5.00 Å². The number of hydrogen-bond donors (Lipinski definition) is 1. The molecule has 0 saturated carbocycles. The highest BCUT2D eigenvalue weighted by molar-refractivity contribution is 9.10. The molecule has 0 saturated heterocycles. The first-order valence-electron chi connectivity index (χ1n) is 9.16. The van der Waals surface area contributed by atoms with Crippen LogP contribution in [0.25, 0.3) is 11.1 Å². The highest BCUT2D eigenvalue weighted by Crippen LogP contribution is 2.36. The predicted octanol–water partition coefficient (Wildman–Crippen LogP) is 5.80. The lowest BCUT2D eigenvalue weighted by Crippen LogP contribution is -2.22. The number of hydrogen-bond acceptors (Lipinski definition) is 6. The Labute approximate surface area is 196 Å². The van der Waals surface area contributed by atoms with Crippen molar-refractivity contribution in [3.8, 4) is 11.1 Å². The zero-order chi connectivity index (χ0) is 22.4. The Balaban J connectivity index is 1.76. The van der Waals surface area contributed by atoms with Crippen molar-refractivity contribution < 1.29 is 23.9 Å². The number of carbonyl (C=O) groups excluding carboxylic acids is 3. The van der Waals surface area contributed by atoms with Gasteiger partial charge in [0.25, 0.3) is 5.91 Å². The van der Waals surface area contributed by atoms with Crippen LogP contribution in [0, 0.1) is 0 Å². The summed E-state index contributed by atoms with van der Waals surface area (Å²) < 4.78 is 10.8. The minimum atomic E-state index is -0.638. The van der Waals surface area contributed by atoms with Gasteiger partial charge >= 0.3 is 11.9 Å². The Kier molecular flexibility index (Phi) is 7.84. The molecule has 0 aliphatic carbocycles. The minimum absolute atomic E-state index is 0.186. The van der Waals surface area contributed by atoms with Crippen LogP contribution in [0.15, 0.2) is 58.4 Å². The average Bonchev–Trinajstić information content (AvgIpc) is 3.16. The van der Waals surface area contributed by atoms with Crippen LogP contribution in [-0.2, 0) is 14.3 Å². The van der Waals surface area contributed by atoms with Crippen LogP contribution in [0.3, 0.4) is 0 Å². The molecule has 6 nitrogen and oxygen atoms in total. The molecule has 0 atom stereocenters. The van der Waals surface area contributed by atoms with Gasteiger partial charge in [0, 0.05) is 20.4 Å². The number of benzene rings is 2. The molecule has 0 bridgehead atoms. The van der Waals surface area contributed by atoms with Crippen molar-refractivity contribution in [2.24, 2.45) is 0 Å². The predicted molar refractivity (Wildman–Crippen MR) is 124 cm³/mol. The monoisotopic (exact) mass is 521 g/mol. The van der Waals surface area contributed by atoms with Gasteiger partial charge in [0.15, 0.2) is 6.61 Å². The first kappa shape index (κ1) is 23.0. The molecular weight excluding hydrogens is 506 g/mol. The van der Waals surface area contributed by atoms with E-state index in [1.165, 1.54) is 11.3 Å². The lowest BCUT2D eigenvalue weighted by Gasteiger charge is -2.10. The molecule has 1 amide bonds. The van der Waals surface area contributed by atoms with Crippen molar-refractivity contribution in [1.82, 2.24) is 0 Å². The Morgan fingerprint density at radius 1 is 1.03 bits per heavy atom. The highest BCUT2D eigenvalue weighted by atomic mass is 79.9. The van der Waals surface area contributed by atoms with E-state index in [1.54, 1.807) is 60.8 Å². The molecule has 1 N–H and O–H groups in total. The summed E-state index contributed by atoms with van der Waals surface area (Å²) in [4.78, 5) is 37.2. The largest absolute Gasteiger partial charge is 0.462 e. The summed E-state index contributed by atoms with van der Waals surface area (Å²) in [6.07, 6.45) is 0. The SMILES string of the molecule is CCOC(=O)c1c(-c2ccc(Cl)cc2)csc1NC(=O)COC(=O)c1ccccc1Br. The van der Waals surface area contributed by atoms with Gasteiger partial charge < -0.3 is 14.8 Å². The molecule has 0 aliphatic rings. The van der Waals surface area contributed by atoms with E-state index in [1.807, 2.05) is 0 Å². The van der Waals surface area contributed by atoms with Crippen molar-refractivity contribution in [2.45, 2.75) is 6.92 Å². The van der Waals surface area contributed by atoms with Gasteiger partial charge in [0.05, 0.1) is 12.2 Å². The molecule has 1 aromatic heterocycles. The lowest BCUT2D eigenvalue weighted by atomic mass is 10.0. The van der Waals surface area contributed by atoms with Crippen molar-refractivity contribution in [3.63, 3.8) is 0 Å². The van der Waals surface area contributed by atoms with E-state index < -0.39 is 24.5 Å². The molecule has 0 fully saturated rings. The van der Waals surface area contributed by atoms with Gasteiger partial charge in [-0.15, -0.1) is 11.3 Å². The van der Waals surface area contributed by atoms with Crippen LogP contribution < -0.4 is 5.32 Å². The van der Waals surface area contributed by atoms with Crippen LogP contribution >= 0.6 is 38.9 Å². The van der Waals surface area contributed by atoms with E-state index >= 15 is 0 Å². The molecule has 1 heterocycles. The van der Waals surface area contributed by atoms with Gasteiger partial charge in [0.2, 0.25) is 0 Å². The number of rotatable bonds is 7. The van der Waals surface area contributed by atoms with Crippen molar-refractivity contribution in [2.75, 3.05) is 18.5 Å². The van der Waals surface area contributed by atoms with Gasteiger partial charge in [0.1, 0.15) is 10.6 Å². The molecule has 3 rings (SSSR count). The topological polar surface area (TPSA) is 81.7 Å². The zero-order valence-electron chi connectivity index (χ0n) is 16.3. The van der Waals surface area contributed by atoms with Crippen molar-refractivity contribution in [1.29, 1.82) is 0 Å². The van der Waals surface area contributed by atoms with Crippen molar-refractivity contribution >= 4 is 61.7 Å². The fourth-order valence-electron chi connectivity index (χ4n) is 2.70. The summed E-state index contributed by atoms with van der Waals surface area (Å²) >= 11 is 10.4. The molecule has 9 heteroatoms. The second kappa shape index (κ2) is 10.6. The number of nitrogens with one attached hydrogen (secondary N) is 1. The molecular formula is C22H17BrClNO5S. The summed E-state index contributed by atoms with van der Waals surface area (Å²) in [5.41, 5.74) is 1.91. The van der Waals surface area contributed by atoms with Gasteiger partial charge in [-0.25, -0.2) is 9.59 Å². The molecule has 160 valence electrons.